The molecule has 8 rings (SSSR count). The van der Waals surface area contributed by atoms with Gasteiger partial charge in [0.1, 0.15) is 41.2 Å². The van der Waals surface area contributed by atoms with E-state index in [1.54, 1.807) is 36.4 Å². The number of hydrogen-bond acceptors (Lipinski definition) is 14. The number of halogens is 9. The largest absolute Gasteiger partial charge is 0.490 e. The van der Waals surface area contributed by atoms with Gasteiger partial charge in [0.25, 0.3) is 11.8 Å². The standard InChI is InChI=1S/C23H24Cl2FN3O4.C13H17ClFN3O2.C9H8ClNO3.C2HF3O2/c24-14-1-4-21-20(9-14)27-11-22(33-21)23(31)28-15-5-7-29(8-6-15)12-16(30)13-32-17-2-3-18(25)19(26)10-17;14-11-7-10(1-2-12(11)15)20-8-13(19)17-18-5-3-9(16)4-6-18;10-5-1-2-7-6(3-5)11-4-8(14-7)9(12)13;3-2(4,5)1(6)7/h1-4,9-10,15,22,27H,5-8,11-13H2,(H,28,31);1-2,7,9H,3-6,8,16H2,(H,17,19);1-3,8,11H,4H2,(H,12,13);(H,6,7). The third-order valence-electron chi connectivity index (χ3n) is 10.9. The van der Waals surface area contributed by atoms with E-state index in [1.807, 2.05) is 9.91 Å². The molecule has 74 heavy (non-hydrogen) atoms. The molecule has 2 amide bonds. The zero-order valence-electron chi connectivity index (χ0n) is 38.9. The summed E-state index contributed by atoms with van der Waals surface area (Å²) >= 11 is 23.0. The predicted molar refractivity (Wildman–Crippen MR) is 263 cm³/mol. The Kier molecular flexibility index (Phi) is 22.2. The van der Waals surface area contributed by atoms with Crippen LogP contribution in [0.5, 0.6) is 23.0 Å². The molecule has 2 atom stereocenters. The van der Waals surface area contributed by atoms with Crippen LogP contribution in [0.1, 0.15) is 25.7 Å². The molecule has 4 aliphatic rings. The predicted octanol–water partition coefficient (Wildman–Crippen LogP) is 7.08. The number of nitrogens with two attached hydrogens (primary N) is 1. The lowest BCUT2D eigenvalue weighted by atomic mass is 10.0. The average molecular weight is 1130 g/mol. The number of ether oxygens (including phenoxy) is 4. The van der Waals surface area contributed by atoms with Gasteiger partial charge in [-0.05, 0) is 86.3 Å². The molecular formula is C47H50Cl4F5N7O11. The fourth-order valence-corrected chi connectivity index (χ4v) is 7.69. The second-order valence-electron chi connectivity index (χ2n) is 16.6. The van der Waals surface area contributed by atoms with E-state index in [-0.39, 0.29) is 71.8 Å². The molecule has 0 bridgehead atoms. The number of anilines is 2. The zero-order valence-corrected chi connectivity index (χ0v) is 41.9. The van der Waals surface area contributed by atoms with Crippen LogP contribution in [-0.2, 0) is 24.0 Å². The summed E-state index contributed by atoms with van der Waals surface area (Å²) in [5.74, 6) is -3.64. The molecule has 0 saturated carbocycles. The van der Waals surface area contributed by atoms with Crippen molar-refractivity contribution in [3.63, 3.8) is 0 Å². The molecule has 8 N–H and O–H groups in total. The Balaban J connectivity index is 0.000000209. The van der Waals surface area contributed by atoms with E-state index in [0.29, 0.717) is 46.9 Å². The number of piperidine rings is 2. The third-order valence-corrected chi connectivity index (χ3v) is 12.0. The minimum absolute atomic E-state index is 0.00433. The SMILES string of the molecule is NC1CCN(NC(=O)COc2ccc(F)c(Cl)c2)CC1.O=C(COc1ccc(Cl)c(F)c1)CN1CCC(NC(=O)C2CNc3cc(Cl)ccc3O2)CC1.O=C(O)C(F)(F)F.O=C(O)C1CNc2cc(Cl)ccc2O1. The fourth-order valence-electron chi connectivity index (χ4n) is 7.06. The monoisotopic (exact) mass is 1120 g/mol. The van der Waals surface area contributed by atoms with Crippen molar-refractivity contribution >= 4 is 87.3 Å². The molecule has 0 radical (unpaired) electrons. The number of nitrogens with zero attached hydrogens (tertiary/aromatic N) is 2. The highest BCUT2D eigenvalue weighted by atomic mass is 35.5. The molecular weight excluding hydrogens is 1080 g/mol. The molecule has 18 nitrogen and oxygen atoms in total. The number of ketones is 1. The molecule has 4 aliphatic heterocycles. The highest BCUT2D eigenvalue weighted by molar-refractivity contribution is 6.31. The van der Waals surface area contributed by atoms with Crippen LogP contribution < -0.4 is 46.1 Å². The maximum absolute atomic E-state index is 13.5. The van der Waals surface area contributed by atoms with Crippen LogP contribution in [0.2, 0.25) is 20.1 Å². The van der Waals surface area contributed by atoms with Gasteiger partial charge in [-0.15, -0.1) is 0 Å². The van der Waals surface area contributed by atoms with Crippen LogP contribution in [0.25, 0.3) is 0 Å². The van der Waals surface area contributed by atoms with Crippen molar-refractivity contribution in [2.24, 2.45) is 5.73 Å². The Bertz CT molecular complexity index is 2590. The summed E-state index contributed by atoms with van der Waals surface area (Å²) in [6, 6.07) is 18.5. The number of carbonyl (C=O) groups excluding carboxylic acids is 3. The molecule has 4 heterocycles. The van der Waals surface area contributed by atoms with Gasteiger partial charge < -0.3 is 50.8 Å². The quantitative estimate of drug-likeness (QED) is 0.0701. The van der Waals surface area contributed by atoms with E-state index in [9.17, 15) is 41.1 Å². The van der Waals surface area contributed by atoms with Gasteiger partial charge in [-0.1, -0.05) is 46.4 Å². The summed E-state index contributed by atoms with van der Waals surface area (Å²) in [7, 11) is 0. The van der Waals surface area contributed by atoms with Gasteiger partial charge in [-0.3, -0.25) is 24.7 Å². The topological polar surface area (TPSA) is 243 Å². The lowest BCUT2D eigenvalue weighted by Crippen LogP contribution is -2.51. The molecule has 2 saturated heterocycles. The number of rotatable bonds is 12. The summed E-state index contributed by atoms with van der Waals surface area (Å²) in [6.45, 7) is 3.39. The molecule has 2 fully saturated rings. The minimum Gasteiger partial charge on any atom is -0.486 e. The molecule has 402 valence electrons. The second kappa shape index (κ2) is 28.0. The lowest BCUT2D eigenvalue weighted by Gasteiger charge is -2.33. The lowest BCUT2D eigenvalue weighted by molar-refractivity contribution is -0.192. The van der Waals surface area contributed by atoms with Crippen molar-refractivity contribution in [2.45, 2.75) is 56.2 Å². The van der Waals surface area contributed by atoms with Gasteiger partial charge in [0.15, 0.2) is 18.5 Å². The van der Waals surface area contributed by atoms with Crippen molar-refractivity contribution in [1.29, 1.82) is 0 Å². The first kappa shape index (κ1) is 58.8. The van der Waals surface area contributed by atoms with E-state index >= 15 is 0 Å². The van der Waals surface area contributed by atoms with Crippen LogP contribution in [-0.4, -0.2) is 139 Å². The van der Waals surface area contributed by atoms with Gasteiger partial charge >= 0.3 is 18.1 Å². The number of carboxylic acids is 2. The van der Waals surface area contributed by atoms with E-state index < -0.39 is 42.0 Å². The Hall–Kier alpha value is -6.08. The summed E-state index contributed by atoms with van der Waals surface area (Å²) in [5, 5.41) is 28.0. The van der Waals surface area contributed by atoms with E-state index in [2.05, 4.69) is 21.4 Å². The first-order chi connectivity index (χ1) is 35.0. The number of aliphatic carboxylic acids is 2. The Morgan fingerprint density at radius 3 is 1.80 bits per heavy atom. The number of carbonyl (C=O) groups is 5. The van der Waals surface area contributed by atoms with Crippen molar-refractivity contribution in [3.8, 4) is 23.0 Å². The molecule has 4 aromatic rings. The highest BCUT2D eigenvalue weighted by Gasteiger charge is 2.38. The summed E-state index contributed by atoms with van der Waals surface area (Å²) in [6.07, 6.45) is -3.36. The first-order valence-corrected chi connectivity index (χ1v) is 24.0. The van der Waals surface area contributed by atoms with Crippen LogP contribution in [0.15, 0.2) is 72.8 Å². The second-order valence-corrected chi connectivity index (χ2v) is 18.3. The highest BCUT2D eigenvalue weighted by Crippen LogP contribution is 2.33. The number of fused-ring (bicyclic) bond motifs is 2. The van der Waals surface area contributed by atoms with E-state index in [0.717, 1.165) is 56.2 Å². The average Bonchev–Trinajstić information content (AvgIpc) is 3.36. The molecule has 2 unspecified atom stereocenters. The third kappa shape index (κ3) is 19.3. The normalized spacial score (nSPS) is 17.5. The Labute approximate surface area is 440 Å². The number of carboxylic acid groups (broad SMARTS) is 2. The van der Waals surface area contributed by atoms with Crippen molar-refractivity contribution in [2.75, 3.05) is 69.7 Å². The maximum Gasteiger partial charge on any atom is 0.490 e. The van der Waals surface area contributed by atoms with Gasteiger partial charge in [-0.2, -0.15) is 13.2 Å². The van der Waals surface area contributed by atoms with E-state index in [1.165, 1.54) is 30.3 Å². The number of amides is 2. The summed E-state index contributed by atoms with van der Waals surface area (Å²) < 4.78 is 79.8. The van der Waals surface area contributed by atoms with Crippen LogP contribution >= 0.6 is 46.4 Å². The molecule has 0 spiro atoms. The number of hydrazine groups is 1. The van der Waals surface area contributed by atoms with Crippen LogP contribution in [0.4, 0.5) is 33.3 Å². The molecule has 27 heteroatoms. The summed E-state index contributed by atoms with van der Waals surface area (Å²) in [4.78, 5) is 58.1. The van der Waals surface area contributed by atoms with Crippen molar-refractivity contribution in [1.82, 2.24) is 20.7 Å². The number of nitrogens with one attached hydrogen (secondary N) is 4. The smallest absolute Gasteiger partial charge is 0.486 e. The fraction of sp³-hybridized carbons (Fsp3) is 0.383. The number of hydrogen-bond donors (Lipinski definition) is 7. The van der Waals surface area contributed by atoms with Gasteiger partial charge in [0.2, 0.25) is 6.10 Å². The van der Waals surface area contributed by atoms with E-state index in [4.69, 9.17) is 86.1 Å². The Morgan fingerprint density at radius 2 is 1.24 bits per heavy atom. The Morgan fingerprint density at radius 1 is 0.703 bits per heavy atom. The maximum atomic E-state index is 13.5. The number of likely N-dealkylation sites (tertiary alicyclic amines) is 1. The van der Waals surface area contributed by atoms with Crippen molar-refractivity contribution < 1.29 is 75.1 Å². The molecule has 0 aromatic heterocycles. The summed E-state index contributed by atoms with van der Waals surface area (Å²) in [5.41, 5.74) is 10.0. The van der Waals surface area contributed by atoms with Gasteiger partial charge in [-0.25, -0.2) is 23.4 Å². The zero-order chi connectivity index (χ0) is 54.1. The molecule has 0 aliphatic carbocycles. The van der Waals surface area contributed by atoms with Crippen LogP contribution in [0, 0.1) is 11.6 Å². The number of benzene rings is 4. The van der Waals surface area contributed by atoms with Gasteiger partial charge in [0, 0.05) is 60.4 Å². The number of alkyl halides is 3. The van der Waals surface area contributed by atoms with Crippen molar-refractivity contribution in [3.05, 3.63) is 105 Å². The number of Topliss-reactive ketones (excluding diaryl/α,β-unsaturated/α-hetero) is 1. The molecule has 4 aromatic carbocycles. The van der Waals surface area contributed by atoms with Gasteiger partial charge in [0.05, 0.1) is 41.1 Å². The van der Waals surface area contributed by atoms with Crippen LogP contribution in [0.3, 0.4) is 0 Å². The first-order valence-electron chi connectivity index (χ1n) is 22.5. The minimum atomic E-state index is -5.08.